The Labute approximate surface area is 322 Å². The number of hydrogen-bond donors (Lipinski definition) is 0. The minimum atomic E-state index is -0.176. The van der Waals surface area contributed by atoms with Gasteiger partial charge in [-0.05, 0) is 80.9 Å². The number of nitrogens with zero attached hydrogens (tertiary/aromatic N) is 5. The van der Waals surface area contributed by atoms with Crippen LogP contribution in [0.15, 0.2) is 163 Å². The minimum absolute atomic E-state index is 0.176. The summed E-state index contributed by atoms with van der Waals surface area (Å²) in [5, 5.41) is 2.28. The molecule has 0 bridgehead atoms. The van der Waals surface area contributed by atoms with Crippen LogP contribution < -0.4 is 0 Å². The summed E-state index contributed by atoms with van der Waals surface area (Å²) in [5.41, 5.74) is 16.8. The van der Waals surface area contributed by atoms with E-state index in [-0.39, 0.29) is 5.41 Å². The fourth-order valence-electron chi connectivity index (χ4n) is 8.52. The Morgan fingerprint density at radius 3 is 1.64 bits per heavy atom. The summed E-state index contributed by atoms with van der Waals surface area (Å²) < 4.78 is 3.44. The van der Waals surface area contributed by atoms with Crippen LogP contribution in [-0.4, -0.2) is 24.5 Å². The van der Waals surface area contributed by atoms with Crippen molar-refractivity contribution in [1.82, 2.24) is 24.5 Å². The molecule has 0 amide bonds. The third-order valence-electron chi connectivity index (χ3n) is 11.2. The van der Waals surface area contributed by atoms with Crippen LogP contribution in [0.2, 0.25) is 0 Å². The molecule has 260 valence electrons. The third-order valence-corrected chi connectivity index (χ3v) is 12.0. The van der Waals surface area contributed by atoms with Gasteiger partial charge in [0.1, 0.15) is 0 Å². The summed E-state index contributed by atoms with van der Waals surface area (Å²) in [4.78, 5) is 20.1. The first-order chi connectivity index (χ1) is 27.0. The molecule has 11 rings (SSSR count). The Bertz CT molecular complexity index is 3050. The summed E-state index contributed by atoms with van der Waals surface area (Å²) in [5.74, 6) is 1.85. The van der Waals surface area contributed by atoms with Crippen LogP contribution in [0.4, 0.5) is 0 Å². The molecule has 7 aromatic carbocycles. The molecule has 5 nitrogen and oxygen atoms in total. The van der Waals surface area contributed by atoms with E-state index in [1.165, 1.54) is 38.1 Å². The van der Waals surface area contributed by atoms with Gasteiger partial charge in [0.25, 0.3) is 0 Å². The SMILES string of the molecule is CC1(C)c2cc(-c3ccc4c(c3)c3cc(-c5ccccc5)ccc3n4-c3nc(-c4ccccc4)nc(-c4ccccc4)n3)ccc2-c2ccc3scnc3c21. The fraction of sp³-hybridized carbons (Fsp3) is 0.0612. The van der Waals surface area contributed by atoms with Gasteiger partial charge in [0.05, 0.1) is 26.8 Å². The van der Waals surface area contributed by atoms with E-state index in [1.54, 1.807) is 11.3 Å². The van der Waals surface area contributed by atoms with Crippen molar-refractivity contribution in [2.45, 2.75) is 19.3 Å². The van der Waals surface area contributed by atoms with Gasteiger partial charge in [0, 0.05) is 27.3 Å². The average Bonchev–Trinajstić information content (AvgIpc) is 3.92. The normalized spacial score (nSPS) is 13.1. The van der Waals surface area contributed by atoms with E-state index in [4.69, 9.17) is 19.9 Å². The molecular formula is C49H33N5S. The predicted octanol–water partition coefficient (Wildman–Crippen LogP) is 12.6. The lowest BCUT2D eigenvalue weighted by atomic mass is 9.81. The zero-order chi connectivity index (χ0) is 36.7. The Morgan fingerprint density at radius 2 is 1.02 bits per heavy atom. The second kappa shape index (κ2) is 12.1. The standard InChI is InChI=1S/C49H33N5S/c1-49(2)40-28-35(18-21-36(40)37-22-25-43-45(44(37)49)50-29-55-43)34-20-24-42-39(27-34)38-26-33(30-12-6-3-7-13-30)19-23-41(38)54(42)48-52-46(31-14-8-4-9-15-31)51-47(53-48)32-16-10-5-11-17-32/h3-29H,1-2H3. The highest BCUT2D eigenvalue weighted by molar-refractivity contribution is 7.16. The van der Waals surface area contributed by atoms with Crippen molar-refractivity contribution in [2.75, 3.05) is 0 Å². The first kappa shape index (κ1) is 31.7. The maximum atomic E-state index is 5.16. The smallest absolute Gasteiger partial charge is 0.238 e. The van der Waals surface area contributed by atoms with Crippen LogP contribution in [0.3, 0.4) is 0 Å². The van der Waals surface area contributed by atoms with Gasteiger partial charge < -0.3 is 0 Å². The summed E-state index contributed by atoms with van der Waals surface area (Å²) in [6.45, 7) is 4.68. The Hall–Kier alpha value is -6.76. The second-order valence-electron chi connectivity index (χ2n) is 14.8. The topological polar surface area (TPSA) is 56.5 Å². The molecule has 0 aliphatic heterocycles. The molecule has 3 heterocycles. The van der Waals surface area contributed by atoms with Crippen molar-refractivity contribution in [1.29, 1.82) is 0 Å². The zero-order valence-corrected chi connectivity index (χ0v) is 31.0. The summed E-state index contributed by atoms with van der Waals surface area (Å²) in [6.07, 6.45) is 0. The fourth-order valence-corrected chi connectivity index (χ4v) is 9.21. The van der Waals surface area contributed by atoms with Crippen molar-refractivity contribution in [2.24, 2.45) is 0 Å². The van der Waals surface area contributed by atoms with Gasteiger partial charge in [0.2, 0.25) is 5.95 Å². The first-order valence-corrected chi connectivity index (χ1v) is 19.4. The zero-order valence-electron chi connectivity index (χ0n) is 30.2. The van der Waals surface area contributed by atoms with Gasteiger partial charge in [-0.1, -0.05) is 135 Å². The number of aromatic nitrogens is 5. The number of hydrogen-bond acceptors (Lipinski definition) is 5. The number of thiazole rings is 1. The highest BCUT2D eigenvalue weighted by Crippen LogP contribution is 2.52. The van der Waals surface area contributed by atoms with Gasteiger partial charge in [-0.3, -0.25) is 4.57 Å². The van der Waals surface area contributed by atoms with Gasteiger partial charge in [0.15, 0.2) is 11.6 Å². The molecule has 0 unspecified atom stereocenters. The Morgan fingerprint density at radius 1 is 0.491 bits per heavy atom. The van der Waals surface area contributed by atoms with Crippen molar-refractivity contribution < 1.29 is 0 Å². The summed E-state index contributed by atoms with van der Waals surface area (Å²) in [7, 11) is 0. The first-order valence-electron chi connectivity index (χ1n) is 18.5. The molecule has 0 fully saturated rings. The van der Waals surface area contributed by atoms with E-state index in [1.807, 2.05) is 66.2 Å². The Kier molecular flexibility index (Phi) is 7.00. The summed E-state index contributed by atoms with van der Waals surface area (Å²) >= 11 is 1.71. The van der Waals surface area contributed by atoms with E-state index in [0.29, 0.717) is 17.6 Å². The van der Waals surface area contributed by atoms with Crippen LogP contribution in [0.25, 0.3) is 94.1 Å². The largest absolute Gasteiger partial charge is 0.278 e. The van der Waals surface area contributed by atoms with Gasteiger partial charge in [-0.25, -0.2) is 9.97 Å². The highest BCUT2D eigenvalue weighted by Gasteiger charge is 2.38. The van der Waals surface area contributed by atoms with E-state index >= 15 is 0 Å². The molecule has 6 heteroatoms. The van der Waals surface area contributed by atoms with Crippen molar-refractivity contribution >= 4 is 43.4 Å². The van der Waals surface area contributed by atoms with Gasteiger partial charge in [-0.2, -0.15) is 9.97 Å². The maximum absolute atomic E-state index is 5.16. The van der Waals surface area contributed by atoms with Crippen molar-refractivity contribution in [3.63, 3.8) is 0 Å². The van der Waals surface area contributed by atoms with E-state index < -0.39 is 0 Å². The van der Waals surface area contributed by atoms with Crippen LogP contribution in [0.5, 0.6) is 0 Å². The molecule has 1 aliphatic carbocycles. The van der Waals surface area contributed by atoms with Gasteiger partial charge >= 0.3 is 0 Å². The molecule has 10 aromatic rings. The molecule has 0 atom stereocenters. The molecule has 1 aliphatic rings. The molecule has 3 aromatic heterocycles. The monoisotopic (exact) mass is 723 g/mol. The molecule has 0 radical (unpaired) electrons. The highest BCUT2D eigenvalue weighted by atomic mass is 32.1. The maximum Gasteiger partial charge on any atom is 0.238 e. The molecular weight excluding hydrogens is 691 g/mol. The number of fused-ring (bicyclic) bond motifs is 8. The third kappa shape index (κ3) is 4.99. The molecule has 0 N–H and O–H groups in total. The van der Waals surface area contributed by atoms with Crippen LogP contribution in [0.1, 0.15) is 25.0 Å². The lowest BCUT2D eigenvalue weighted by Gasteiger charge is -2.22. The second-order valence-corrected chi connectivity index (χ2v) is 15.6. The lowest BCUT2D eigenvalue weighted by molar-refractivity contribution is 0.665. The van der Waals surface area contributed by atoms with E-state index in [0.717, 1.165) is 49.6 Å². The number of rotatable bonds is 5. The molecule has 55 heavy (non-hydrogen) atoms. The Balaban J connectivity index is 1.13. The predicted molar refractivity (Wildman–Crippen MR) is 227 cm³/mol. The van der Waals surface area contributed by atoms with Crippen LogP contribution >= 0.6 is 11.3 Å². The quantitative estimate of drug-likeness (QED) is 0.177. The summed E-state index contributed by atoms with van der Waals surface area (Å²) in [6, 6.07) is 55.9. The van der Waals surface area contributed by atoms with E-state index in [9.17, 15) is 0 Å². The van der Waals surface area contributed by atoms with Crippen molar-refractivity contribution in [3.05, 3.63) is 174 Å². The molecule has 0 saturated carbocycles. The molecule has 0 saturated heterocycles. The molecule has 0 spiro atoms. The van der Waals surface area contributed by atoms with Crippen LogP contribution in [0, 0.1) is 0 Å². The van der Waals surface area contributed by atoms with Crippen molar-refractivity contribution in [3.8, 4) is 62.1 Å². The number of benzene rings is 7. The lowest BCUT2D eigenvalue weighted by Crippen LogP contribution is -2.15. The van der Waals surface area contributed by atoms with E-state index in [2.05, 4.69) is 115 Å². The average molecular weight is 724 g/mol. The van der Waals surface area contributed by atoms with Gasteiger partial charge in [-0.15, -0.1) is 11.3 Å². The van der Waals surface area contributed by atoms with Crippen LogP contribution in [-0.2, 0) is 5.41 Å². The minimum Gasteiger partial charge on any atom is -0.278 e.